The lowest BCUT2D eigenvalue weighted by molar-refractivity contribution is 0.0589. The molecule has 0 saturated carbocycles. The SMILES string of the molecule is COC(=O)c1nn(Cc2ccc(C)cc2C)cc1CO. The molecule has 0 spiro atoms. The molecule has 106 valence electrons. The first-order chi connectivity index (χ1) is 9.55. The molecular weight excluding hydrogens is 256 g/mol. The van der Waals surface area contributed by atoms with E-state index in [1.54, 1.807) is 10.9 Å². The first-order valence-corrected chi connectivity index (χ1v) is 6.36. The van der Waals surface area contributed by atoms with E-state index in [0.29, 0.717) is 12.1 Å². The lowest BCUT2D eigenvalue weighted by Crippen LogP contribution is -2.07. The van der Waals surface area contributed by atoms with Crippen LogP contribution < -0.4 is 0 Å². The third kappa shape index (κ3) is 2.88. The molecule has 0 saturated heterocycles. The average molecular weight is 274 g/mol. The van der Waals surface area contributed by atoms with Crippen LogP contribution in [0.4, 0.5) is 0 Å². The van der Waals surface area contributed by atoms with Gasteiger partial charge in [-0.05, 0) is 25.0 Å². The minimum atomic E-state index is -0.534. The van der Waals surface area contributed by atoms with Gasteiger partial charge in [-0.1, -0.05) is 23.8 Å². The van der Waals surface area contributed by atoms with E-state index in [1.165, 1.54) is 18.2 Å². The van der Waals surface area contributed by atoms with Crippen LogP contribution in [0.15, 0.2) is 24.4 Å². The number of hydrogen-bond acceptors (Lipinski definition) is 4. The zero-order valence-corrected chi connectivity index (χ0v) is 11.9. The van der Waals surface area contributed by atoms with Gasteiger partial charge in [-0.15, -0.1) is 0 Å². The van der Waals surface area contributed by atoms with Gasteiger partial charge in [0.05, 0.1) is 20.3 Å². The van der Waals surface area contributed by atoms with Gasteiger partial charge in [-0.25, -0.2) is 4.79 Å². The Morgan fingerprint density at radius 3 is 2.70 bits per heavy atom. The molecule has 0 bridgehead atoms. The smallest absolute Gasteiger partial charge is 0.358 e. The number of aliphatic hydroxyl groups is 1. The second-order valence-electron chi connectivity index (χ2n) is 4.78. The maximum absolute atomic E-state index is 11.6. The minimum Gasteiger partial charge on any atom is -0.464 e. The Kier molecular flexibility index (Phi) is 4.20. The molecule has 1 N–H and O–H groups in total. The lowest BCUT2D eigenvalue weighted by atomic mass is 10.1. The van der Waals surface area contributed by atoms with Crippen LogP contribution in [0.1, 0.15) is 32.7 Å². The standard InChI is InChI=1S/C15H18N2O3/c1-10-4-5-12(11(2)6-10)7-17-8-13(9-18)14(16-17)15(19)20-3/h4-6,8,18H,7,9H2,1-3H3. The first-order valence-electron chi connectivity index (χ1n) is 6.36. The van der Waals surface area contributed by atoms with E-state index in [4.69, 9.17) is 0 Å². The minimum absolute atomic E-state index is 0.166. The Hall–Kier alpha value is -2.14. The van der Waals surface area contributed by atoms with Gasteiger partial charge in [0.2, 0.25) is 0 Å². The molecule has 1 heterocycles. The number of benzene rings is 1. The Labute approximate surface area is 117 Å². The summed E-state index contributed by atoms with van der Waals surface area (Å²) in [5, 5.41) is 13.5. The second kappa shape index (κ2) is 5.88. The molecule has 1 aromatic heterocycles. The number of esters is 1. The third-order valence-electron chi connectivity index (χ3n) is 3.22. The number of aliphatic hydroxyl groups excluding tert-OH is 1. The van der Waals surface area contributed by atoms with Gasteiger partial charge in [0.1, 0.15) is 0 Å². The van der Waals surface area contributed by atoms with Gasteiger partial charge >= 0.3 is 5.97 Å². The summed E-state index contributed by atoms with van der Waals surface area (Å²) >= 11 is 0. The molecule has 0 unspecified atom stereocenters. The summed E-state index contributed by atoms with van der Waals surface area (Å²) in [4.78, 5) is 11.6. The maximum atomic E-state index is 11.6. The summed E-state index contributed by atoms with van der Waals surface area (Å²) in [6.45, 7) is 4.40. The van der Waals surface area contributed by atoms with Crippen LogP contribution in [0.3, 0.4) is 0 Å². The highest BCUT2D eigenvalue weighted by Gasteiger charge is 2.16. The summed E-state index contributed by atoms with van der Waals surface area (Å²) < 4.78 is 6.30. The number of methoxy groups -OCH3 is 1. The Morgan fingerprint density at radius 2 is 2.10 bits per heavy atom. The quantitative estimate of drug-likeness (QED) is 0.864. The van der Waals surface area contributed by atoms with Crippen LogP contribution >= 0.6 is 0 Å². The van der Waals surface area contributed by atoms with Crippen LogP contribution in [-0.2, 0) is 17.9 Å². The molecule has 5 nitrogen and oxygen atoms in total. The lowest BCUT2D eigenvalue weighted by Gasteiger charge is -2.07. The van der Waals surface area contributed by atoms with Crippen molar-refractivity contribution in [3.63, 3.8) is 0 Å². The maximum Gasteiger partial charge on any atom is 0.358 e. The summed E-state index contributed by atoms with van der Waals surface area (Å²) in [7, 11) is 1.30. The highest BCUT2D eigenvalue weighted by atomic mass is 16.5. The van der Waals surface area contributed by atoms with E-state index in [1.807, 2.05) is 26.0 Å². The van der Waals surface area contributed by atoms with Crippen molar-refractivity contribution in [2.24, 2.45) is 0 Å². The Morgan fingerprint density at radius 1 is 1.35 bits per heavy atom. The van der Waals surface area contributed by atoms with E-state index in [9.17, 15) is 9.90 Å². The number of hydrogen-bond donors (Lipinski definition) is 1. The fraction of sp³-hybridized carbons (Fsp3) is 0.333. The number of carbonyl (C=O) groups excluding carboxylic acids is 1. The predicted octanol–water partition coefficient (Wildman–Crippen LogP) is 1.83. The number of carbonyl (C=O) groups is 1. The molecular formula is C15H18N2O3. The summed E-state index contributed by atoms with van der Waals surface area (Å²) in [5.41, 5.74) is 4.14. The number of aryl methyl sites for hydroxylation is 2. The summed E-state index contributed by atoms with van der Waals surface area (Å²) in [5.74, 6) is -0.534. The fourth-order valence-corrected chi connectivity index (χ4v) is 2.13. The topological polar surface area (TPSA) is 64.3 Å². The van der Waals surface area contributed by atoms with Crippen molar-refractivity contribution < 1.29 is 14.6 Å². The van der Waals surface area contributed by atoms with Gasteiger partial charge in [-0.2, -0.15) is 5.10 Å². The van der Waals surface area contributed by atoms with E-state index in [0.717, 1.165) is 5.56 Å². The van der Waals surface area contributed by atoms with Crippen LogP contribution in [-0.4, -0.2) is 28.0 Å². The molecule has 0 aliphatic heterocycles. The predicted molar refractivity (Wildman–Crippen MR) is 74.5 cm³/mol. The average Bonchev–Trinajstić information content (AvgIpc) is 2.84. The first kappa shape index (κ1) is 14.3. The van der Waals surface area contributed by atoms with Crippen LogP contribution in [0.25, 0.3) is 0 Å². The summed E-state index contributed by atoms with van der Waals surface area (Å²) in [6, 6.07) is 6.19. The molecule has 5 heteroatoms. The van der Waals surface area contributed by atoms with Gasteiger partial charge in [0.15, 0.2) is 5.69 Å². The highest BCUT2D eigenvalue weighted by Crippen LogP contribution is 2.14. The number of nitrogens with zero attached hydrogens (tertiary/aromatic N) is 2. The molecule has 0 radical (unpaired) electrons. The zero-order valence-electron chi connectivity index (χ0n) is 11.9. The molecule has 0 fully saturated rings. The number of aromatic nitrogens is 2. The van der Waals surface area contributed by atoms with Gasteiger partial charge in [0.25, 0.3) is 0 Å². The Bertz CT molecular complexity index is 632. The van der Waals surface area contributed by atoms with Gasteiger partial charge < -0.3 is 9.84 Å². The Balaban J connectivity index is 2.30. The molecule has 0 atom stereocenters. The summed E-state index contributed by atoms with van der Waals surface area (Å²) in [6.07, 6.45) is 1.67. The molecule has 1 aromatic carbocycles. The van der Waals surface area contributed by atoms with E-state index < -0.39 is 5.97 Å². The molecule has 0 aliphatic rings. The third-order valence-corrected chi connectivity index (χ3v) is 3.22. The van der Waals surface area contributed by atoms with Crippen molar-refractivity contribution in [1.29, 1.82) is 0 Å². The molecule has 2 rings (SSSR count). The number of rotatable bonds is 4. The van der Waals surface area contributed by atoms with E-state index in [-0.39, 0.29) is 12.3 Å². The fourth-order valence-electron chi connectivity index (χ4n) is 2.13. The van der Waals surface area contributed by atoms with E-state index in [2.05, 4.69) is 15.9 Å². The van der Waals surface area contributed by atoms with Crippen molar-refractivity contribution in [3.8, 4) is 0 Å². The molecule has 0 aliphatic carbocycles. The van der Waals surface area contributed by atoms with Crippen molar-refractivity contribution in [3.05, 3.63) is 52.3 Å². The van der Waals surface area contributed by atoms with Crippen LogP contribution in [0.5, 0.6) is 0 Å². The molecule has 20 heavy (non-hydrogen) atoms. The van der Waals surface area contributed by atoms with Crippen molar-refractivity contribution >= 4 is 5.97 Å². The highest BCUT2D eigenvalue weighted by molar-refractivity contribution is 5.88. The molecule has 2 aromatic rings. The van der Waals surface area contributed by atoms with Crippen molar-refractivity contribution in [2.75, 3.05) is 7.11 Å². The van der Waals surface area contributed by atoms with Crippen LogP contribution in [0, 0.1) is 13.8 Å². The van der Waals surface area contributed by atoms with Crippen molar-refractivity contribution in [1.82, 2.24) is 9.78 Å². The van der Waals surface area contributed by atoms with Gasteiger partial charge in [0, 0.05) is 11.8 Å². The van der Waals surface area contributed by atoms with Crippen LogP contribution in [0.2, 0.25) is 0 Å². The second-order valence-corrected chi connectivity index (χ2v) is 4.78. The van der Waals surface area contributed by atoms with E-state index >= 15 is 0 Å². The van der Waals surface area contributed by atoms with Gasteiger partial charge in [-0.3, -0.25) is 4.68 Å². The zero-order chi connectivity index (χ0) is 14.7. The van der Waals surface area contributed by atoms with Crippen molar-refractivity contribution in [2.45, 2.75) is 27.0 Å². The normalized spacial score (nSPS) is 10.6. The molecule has 0 amide bonds. The number of ether oxygens (including phenoxy) is 1. The monoisotopic (exact) mass is 274 g/mol. The largest absolute Gasteiger partial charge is 0.464 e.